The van der Waals surface area contributed by atoms with Gasteiger partial charge in [0.2, 0.25) is 0 Å². The first-order valence-electron chi connectivity index (χ1n) is 6.23. The predicted molar refractivity (Wildman–Crippen MR) is 76.7 cm³/mol. The van der Waals surface area contributed by atoms with Gasteiger partial charge in [-0.25, -0.2) is 4.68 Å². The van der Waals surface area contributed by atoms with Gasteiger partial charge in [-0.2, -0.15) is 5.10 Å². The summed E-state index contributed by atoms with van der Waals surface area (Å²) in [5.74, 6) is 1.65. The minimum Gasteiger partial charge on any atom is -0.494 e. The van der Waals surface area contributed by atoms with Crippen molar-refractivity contribution in [2.24, 2.45) is 0 Å². The van der Waals surface area contributed by atoms with Crippen LogP contribution in [0.15, 0.2) is 24.3 Å². The fraction of sp³-hybridized carbons (Fsp3) is 0.357. The third-order valence-electron chi connectivity index (χ3n) is 3.36. The quantitative estimate of drug-likeness (QED) is 0.793. The summed E-state index contributed by atoms with van der Waals surface area (Å²) < 4.78 is 7.09. The summed E-state index contributed by atoms with van der Waals surface area (Å²) in [5.41, 5.74) is 2.82. The molecule has 19 heavy (non-hydrogen) atoms. The number of para-hydroxylation sites is 2. The number of benzene rings is 1. The molecule has 1 fully saturated rings. The lowest BCUT2D eigenvalue weighted by atomic mass is 10.2. The highest BCUT2D eigenvalue weighted by Crippen LogP contribution is 2.43. The molecule has 100 valence electrons. The first-order valence-corrected chi connectivity index (χ1v) is 7.14. The summed E-state index contributed by atoms with van der Waals surface area (Å²) in [6.07, 6.45) is 2.34. The van der Waals surface area contributed by atoms with Crippen LogP contribution in [0, 0.1) is 0 Å². The van der Waals surface area contributed by atoms with Crippen LogP contribution in [0.25, 0.3) is 5.69 Å². The van der Waals surface area contributed by atoms with E-state index in [9.17, 15) is 0 Å². The van der Waals surface area contributed by atoms with Crippen molar-refractivity contribution in [1.29, 1.82) is 0 Å². The van der Waals surface area contributed by atoms with Crippen LogP contribution in [0.3, 0.4) is 0 Å². The van der Waals surface area contributed by atoms with Crippen LogP contribution >= 0.6 is 23.2 Å². The van der Waals surface area contributed by atoms with Crippen LogP contribution in [0.4, 0.5) is 0 Å². The van der Waals surface area contributed by atoms with Crippen LogP contribution < -0.4 is 4.74 Å². The van der Waals surface area contributed by atoms with Gasteiger partial charge in [0.05, 0.1) is 18.7 Å². The van der Waals surface area contributed by atoms with Gasteiger partial charge in [0.15, 0.2) is 0 Å². The molecule has 0 radical (unpaired) electrons. The van der Waals surface area contributed by atoms with Crippen molar-refractivity contribution in [3.05, 3.63) is 40.7 Å². The normalized spacial score (nSPS) is 14.7. The van der Waals surface area contributed by atoms with Crippen molar-refractivity contribution in [3.63, 3.8) is 0 Å². The van der Waals surface area contributed by atoms with E-state index in [0.29, 0.717) is 17.0 Å². The van der Waals surface area contributed by atoms with Crippen molar-refractivity contribution in [2.45, 2.75) is 24.6 Å². The largest absolute Gasteiger partial charge is 0.494 e. The highest BCUT2D eigenvalue weighted by molar-refractivity contribution is 6.31. The predicted octanol–water partition coefficient (Wildman–Crippen LogP) is 4.15. The van der Waals surface area contributed by atoms with Gasteiger partial charge in [-0.1, -0.05) is 23.7 Å². The lowest BCUT2D eigenvalue weighted by molar-refractivity contribution is 0.411. The maximum atomic E-state index is 6.43. The van der Waals surface area contributed by atoms with E-state index in [4.69, 9.17) is 27.9 Å². The Morgan fingerprint density at radius 1 is 1.37 bits per heavy atom. The summed E-state index contributed by atoms with van der Waals surface area (Å²) in [4.78, 5) is 0. The molecule has 1 heterocycles. The third kappa shape index (κ3) is 2.21. The minimum absolute atomic E-state index is 0.389. The second kappa shape index (κ2) is 5.06. The molecule has 0 amide bonds. The van der Waals surface area contributed by atoms with Crippen LogP contribution in [-0.4, -0.2) is 16.9 Å². The summed E-state index contributed by atoms with van der Waals surface area (Å²) >= 11 is 12.4. The number of alkyl halides is 1. The SMILES string of the molecule is COc1ccccc1-n1nc(C2CC2)c(CCl)c1Cl. The molecule has 3 rings (SSSR count). The van der Waals surface area contributed by atoms with Gasteiger partial charge in [-0.15, -0.1) is 11.6 Å². The van der Waals surface area contributed by atoms with E-state index in [1.807, 2.05) is 24.3 Å². The Bertz CT molecular complexity index is 605. The summed E-state index contributed by atoms with van der Waals surface area (Å²) in [5, 5.41) is 5.23. The van der Waals surface area contributed by atoms with Crippen molar-refractivity contribution in [3.8, 4) is 11.4 Å². The second-order valence-corrected chi connectivity index (χ2v) is 5.27. The molecule has 0 saturated heterocycles. The Hall–Kier alpha value is -1.19. The zero-order chi connectivity index (χ0) is 13.4. The Labute approximate surface area is 122 Å². The summed E-state index contributed by atoms with van der Waals surface area (Å²) in [6.45, 7) is 0. The van der Waals surface area contributed by atoms with Crippen molar-refractivity contribution >= 4 is 23.2 Å². The van der Waals surface area contributed by atoms with Gasteiger partial charge in [0.1, 0.15) is 16.6 Å². The zero-order valence-corrected chi connectivity index (χ0v) is 12.1. The Balaban J connectivity index is 2.14. The number of methoxy groups -OCH3 is 1. The lowest BCUT2D eigenvalue weighted by Gasteiger charge is -2.08. The van der Waals surface area contributed by atoms with Gasteiger partial charge in [-0.3, -0.25) is 0 Å². The molecule has 1 aromatic heterocycles. The first-order chi connectivity index (χ1) is 9.26. The Morgan fingerprint density at radius 2 is 2.11 bits per heavy atom. The number of hydrogen-bond acceptors (Lipinski definition) is 2. The molecule has 0 atom stereocenters. The molecule has 5 heteroatoms. The number of hydrogen-bond donors (Lipinski definition) is 0. The molecule has 0 bridgehead atoms. The van der Waals surface area contributed by atoms with Gasteiger partial charge < -0.3 is 4.74 Å². The number of rotatable bonds is 4. The van der Waals surface area contributed by atoms with Gasteiger partial charge in [-0.05, 0) is 25.0 Å². The highest BCUT2D eigenvalue weighted by atomic mass is 35.5. The second-order valence-electron chi connectivity index (χ2n) is 4.65. The monoisotopic (exact) mass is 296 g/mol. The Kier molecular flexibility index (Phi) is 3.42. The molecule has 1 aliphatic carbocycles. The minimum atomic E-state index is 0.389. The van der Waals surface area contributed by atoms with E-state index in [0.717, 1.165) is 22.7 Å². The number of aromatic nitrogens is 2. The fourth-order valence-electron chi connectivity index (χ4n) is 2.22. The molecule has 1 aromatic carbocycles. The van der Waals surface area contributed by atoms with Crippen LogP contribution in [0.1, 0.15) is 30.0 Å². The first kappa shape index (κ1) is 12.8. The Morgan fingerprint density at radius 3 is 2.74 bits per heavy atom. The standard InChI is InChI=1S/C14H14Cl2N2O/c1-19-12-5-3-2-4-11(12)18-14(16)10(8-15)13(17-18)9-6-7-9/h2-5,9H,6-8H2,1H3. The molecule has 0 spiro atoms. The average molecular weight is 297 g/mol. The third-order valence-corrected chi connectivity index (χ3v) is 4.02. The molecule has 0 N–H and O–H groups in total. The summed E-state index contributed by atoms with van der Waals surface area (Å²) in [7, 11) is 1.64. The fourth-order valence-corrected chi connectivity index (χ4v) is 2.84. The molecule has 3 nitrogen and oxygen atoms in total. The van der Waals surface area contributed by atoms with E-state index in [2.05, 4.69) is 5.10 Å². The highest BCUT2D eigenvalue weighted by Gasteiger charge is 2.31. The van der Waals surface area contributed by atoms with E-state index in [1.54, 1.807) is 11.8 Å². The van der Waals surface area contributed by atoms with Crippen molar-refractivity contribution in [2.75, 3.05) is 7.11 Å². The van der Waals surface area contributed by atoms with E-state index in [1.165, 1.54) is 12.8 Å². The van der Waals surface area contributed by atoms with Crippen molar-refractivity contribution < 1.29 is 4.74 Å². The van der Waals surface area contributed by atoms with Crippen LogP contribution in [0.2, 0.25) is 5.15 Å². The molecule has 0 unspecified atom stereocenters. The average Bonchev–Trinajstić information content (AvgIpc) is 3.23. The molecular weight excluding hydrogens is 283 g/mol. The molecule has 1 saturated carbocycles. The number of halogens is 2. The molecule has 2 aromatic rings. The van der Waals surface area contributed by atoms with Crippen LogP contribution in [0.5, 0.6) is 5.75 Å². The maximum Gasteiger partial charge on any atom is 0.144 e. The topological polar surface area (TPSA) is 27.1 Å². The van der Waals surface area contributed by atoms with E-state index < -0.39 is 0 Å². The maximum absolute atomic E-state index is 6.43. The molecule has 0 aliphatic heterocycles. The van der Waals surface area contributed by atoms with Gasteiger partial charge in [0, 0.05) is 11.5 Å². The number of ether oxygens (including phenoxy) is 1. The molecule has 1 aliphatic rings. The molecular formula is C14H14Cl2N2O. The van der Waals surface area contributed by atoms with Crippen molar-refractivity contribution in [1.82, 2.24) is 9.78 Å². The zero-order valence-electron chi connectivity index (χ0n) is 10.6. The van der Waals surface area contributed by atoms with E-state index >= 15 is 0 Å². The van der Waals surface area contributed by atoms with Gasteiger partial charge in [0.25, 0.3) is 0 Å². The number of nitrogens with zero attached hydrogens (tertiary/aromatic N) is 2. The van der Waals surface area contributed by atoms with Gasteiger partial charge >= 0.3 is 0 Å². The summed E-state index contributed by atoms with van der Waals surface area (Å²) in [6, 6.07) is 7.69. The lowest BCUT2D eigenvalue weighted by Crippen LogP contribution is -2.00. The smallest absolute Gasteiger partial charge is 0.144 e. The van der Waals surface area contributed by atoms with E-state index in [-0.39, 0.29) is 0 Å². The van der Waals surface area contributed by atoms with Crippen LogP contribution in [-0.2, 0) is 5.88 Å².